The average Bonchev–Trinajstić information content (AvgIpc) is 2.46. The van der Waals surface area contributed by atoms with Crippen molar-refractivity contribution < 1.29 is 0 Å². The molecule has 0 atom stereocenters. The summed E-state index contributed by atoms with van der Waals surface area (Å²) < 4.78 is 0. The Morgan fingerprint density at radius 2 is 1.72 bits per heavy atom. The molecule has 0 aliphatic carbocycles. The zero-order valence-electron chi connectivity index (χ0n) is 9.96. The second kappa shape index (κ2) is 4.41. The van der Waals surface area contributed by atoms with E-state index in [0.29, 0.717) is 0 Å². The smallest absolute Gasteiger partial charge is 0.152 e. The maximum absolute atomic E-state index is 4.42. The zero-order valence-corrected chi connectivity index (χ0v) is 9.96. The minimum atomic E-state index is 0.772. The Kier molecular flexibility index (Phi) is 2.61. The lowest BCUT2D eigenvalue weighted by molar-refractivity contribution is 1.19. The lowest BCUT2D eigenvalue weighted by atomic mass is 10.1. The topological polar surface area (TPSA) is 50.7 Å². The summed E-state index contributed by atoms with van der Waals surface area (Å²) in [7, 11) is 1.84. The number of para-hydroxylation sites is 1. The number of nitrogens with one attached hydrogen (secondary N) is 1. The van der Waals surface area contributed by atoms with Gasteiger partial charge in [-0.1, -0.05) is 18.2 Å². The normalized spacial score (nSPS) is 10.5. The molecule has 4 heteroatoms. The number of rotatable bonds is 2. The number of fused-ring (bicyclic) bond motifs is 1. The molecule has 0 saturated heterocycles. The Balaban J connectivity index is 2.32. The number of hydrogen-bond donors (Lipinski definition) is 1. The molecule has 18 heavy (non-hydrogen) atoms. The average molecular weight is 236 g/mol. The summed E-state index contributed by atoms with van der Waals surface area (Å²) in [6, 6.07) is 9.99. The van der Waals surface area contributed by atoms with Gasteiger partial charge in [0.15, 0.2) is 5.82 Å². The van der Waals surface area contributed by atoms with Crippen molar-refractivity contribution >= 4 is 16.7 Å². The van der Waals surface area contributed by atoms with E-state index in [9.17, 15) is 0 Å². The summed E-state index contributed by atoms with van der Waals surface area (Å²) in [5.41, 5.74) is 2.85. The van der Waals surface area contributed by atoms with Gasteiger partial charge in [0.2, 0.25) is 0 Å². The Hall–Kier alpha value is -2.49. The van der Waals surface area contributed by atoms with E-state index in [4.69, 9.17) is 0 Å². The molecule has 2 heterocycles. The van der Waals surface area contributed by atoms with E-state index in [1.165, 1.54) is 0 Å². The first kappa shape index (κ1) is 10.7. The van der Waals surface area contributed by atoms with Crippen LogP contribution in [0.3, 0.4) is 0 Å². The molecule has 3 aromatic rings. The first-order chi connectivity index (χ1) is 8.90. The quantitative estimate of drug-likeness (QED) is 0.743. The highest BCUT2D eigenvalue weighted by Gasteiger charge is 2.09. The highest BCUT2D eigenvalue weighted by molar-refractivity contribution is 5.95. The van der Waals surface area contributed by atoms with Crippen LogP contribution in [0, 0.1) is 0 Å². The van der Waals surface area contributed by atoms with Crippen LogP contribution in [0.2, 0.25) is 0 Å². The molecule has 3 rings (SSSR count). The Morgan fingerprint density at radius 1 is 0.889 bits per heavy atom. The summed E-state index contributed by atoms with van der Waals surface area (Å²) in [5, 5.41) is 4.15. The molecule has 1 N–H and O–H groups in total. The molecular weight excluding hydrogens is 224 g/mol. The second-order valence-corrected chi connectivity index (χ2v) is 3.88. The molecule has 0 saturated carbocycles. The molecule has 0 radical (unpaired) electrons. The van der Waals surface area contributed by atoms with Crippen LogP contribution in [0.4, 0.5) is 5.82 Å². The van der Waals surface area contributed by atoms with Gasteiger partial charge in [0.1, 0.15) is 5.69 Å². The van der Waals surface area contributed by atoms with Crippen molar-refractivity contribution in [2.45, 2.75) is 0 Å². The van der Waals surface area contributed by atoms with Crippen molar-refractivity contribution in [3.63, 3.8) is 0 Å². The molecular formula is C14H12N4. The second-order valence-electron chi connectivity index (χ2n) is 3.88. The number of aromatic nitrogens is 3. The molecule has 0 amide bonds. The van der Waals surface area contributed by atoms with E-state index in [0.717, 1.165) is 28.0 Å². The maximum Gasteiger partial charge on any atom is 0.152 e. The van der Waals surface area contributed by atoms with Gasteiger partial charge in [-0.05, 0) is 12.1 Å². The molecule has 4 nitrogen and oxygen atoms in total. The molecule has 88 valence electrons. The number of nitrogens with zero attached hydrogens (tertiary/aromatic N) is 3. The standard InChI is InChI=1S/C14H12N4/c1-15-14-13(17-8-9-18-14)11-6-7-16-12-5-3-2-4-10(11)12/h2-9H,1H3,(H,15,18). The summed E-state index contributed by atoms with van der Waals surface area (Å²) in [6.07, 6.45) is 5.18. The summed E-state index contributed by atoms with van der Waals surface area (Å²) in [4.78, 5) is 13.1. The van der Waals surface area contributed by atoms with Gasteiger partial charge in [0.25, 0.3) is 0 Å². The van der Waals surface area contributed by atoms with Crippen LogP contribution in [0.5, 0.6) is 0 Å². The fourth-order valence-electron chi connectivity index (χ4n) is 2.02. The lowest BCUT2D eigenvalue weighted by Gasteiger charge is -2.08. The van der Waals surface area contributed by atoms with E-state index in [-0.39, 0.29) is 0 Å². The predicted octanol–water partition coefficient (Wildman–Crippen LogP) is 2.73. The number of anilines is 1. The first-order valence-electron chi connectivity index (χ1n) is 5.73. The van der Waals surface area contributed by atoms with Crippen LogP contribution in [-0.4, -0.2) is 22.0 Å². The minimum absolute atomic E-state index is 0.772. The van der Waals surface area contributed by atoms with Gasteiger partial charge < -0.3 is 5.32 Å². The number of pyridine rings is 1. The van der Waals surface area contributed by atoms with Gasteiger partial charge in [0.05, 0.1) is 5.52 Å². The highest BCUT2D eigenvalue weighted by Crippen LogP contribution is 2.29. The van der Waals surface area contributed by atoms with Crippen LogP contribution in [0.15, 0.2) is 48.9 Å². The monoisotopic (exact) mass is 236 g/mol. The fourth-order valence-corrected chi connectivity index (χ4v) is 2.02. The summed E-state index contributed by atoms with van der Waals surface area (Å²) in [6.45, 7) is 0. The van der Waals surface area contributed by atoms with E-state index in [1.807, 2.05) is 37.4 Å². The summed E-state index contributed by atoms with van der Waals surface area (Å²) in [5.74, 6) is 0.772. The molecule has 1 aromatic carbocycles. The highest BCUT2D eigenvalue weighted by atomic mass is 15.0. The van der Waals surface area contributed by atoms with Crippen molar-refractivity contribution in [2.75, 3.05) is 12.4 Å². The maximum atomic E-state index is 4.42. The third-order valence-electron chi connectivity index (χ3n) is 2.84. The third kappa shape index (κ3) is 1.68. The Bertz CT molecular complexity index is 689. The van der Waals surface area contributed by atoms with Gasteiger partial charge in [-0.2, -0.15) is 0 Å². The molecule has 0 spiro atoms. The van der Waals surface area contributed by atoms with Gasteiger partial charge in [-0.25, -0.2) is 4.98 Å². The Labute approximate surface area is 105 Å². The van der Waals surface area contributed by atoms with Crippen LogP contribution >= 0.6 is 0 Å². The molecule has 0 fully saturated rings. The van der Waals surface area contributed by atoms with E-state index >= 15 is 0 Å². The van der Waals surface area contributed by atoms with E-state index in [1.54, 1.807) is 18.6 Å². The number of benzene rings is 1. The van der Waals surface area contributed by atoms with E-state index < -0.39 is 0 Å². The molecule has 0 aliphatic heterocycles. The van der Waals surface area contributed by atoms with Gasteiger partial charge in [-0.15, -0.1) is 0 Å². The summed E-state index contributed by atoms with van der Waals surface area (Å²) >= 11 is 0. The predicted molar refractivity (Wildman–Crippen MR) is 72.3 cm³/mol. The minimum Gasteiger partial charge on any atom is -0.371 e. The SMILES string of the molecule is CNc1nccnc1-c1ccnc2ccccc12. The third-order valence-corrected chi connectivity index (χ3v) is 2.84. The van der Waals surface area contributed by atoms with Crippen LogP contribution in [0.25, 0.3) is 22.2 Å². The lowest BCUT2D eigenvalue weighted by Crippen LogP contribution is -1.98. The van der Waals surface area contributed by atoms with Crippen LogP contribution in [-0.2, 0) is 0 Å². The number of hydrogen-bond acceptors (Lipinski definition) is 4. The van der Waals surface area contributed by atoms with Gasteiger partial charge >= 0.3 is 0 Å². The van der Waals surface area contributed by atoms with Gasteiger partial charge in [0, 0.05) is 36.6 Å². The molecule has 0 aliphatic rings. The van der Waals surface area contributed by atoms with Crippen molar-refractivity contribution in [3.05, 3.63) is 48.9 Å². The van der Waals surface area contributed by atoms with Crippen LogP contribution < -0.4 is 5.32 Å². The molecule has 0 unspecified atom stereocenters. The largest absolute Gasteiger partial charge is 0.371 e. The van der Waals surface area contributed by atoms with E-state index in [2.05, 4.69) is 20.3 Å². The van der Waals surface area contributed by atoms with Crippen molar-refractivity contribution in [1.82, 2.24) is 15.0 Å². The Morgan fingerprint density at radius 3 is 2.61 bits per heavy atom. The van der Waals surface area contributed by atoms with Gasteiger partial charge in [-0.3, -0.25) is 9.97 Å². The van der Waals surface area contributed by atoms with Crippen molar-refractivity contribution in [2.24, 2.45) is 0 Å². The zero-order chi connectivity index (χ0) is 12.4. The van der Waals surface area contributed by atoms with Crippen molar-refractivity contribution in [3.8, 4) is 11.3 Å². The van der Waals surface area contributed by atoms with Crippen LogP contribution in [0.1, 0.15) is 0 Å². The fraction of sp³-hybridized carbons (Fsp3) is 0.0714. The van der Waals surface area contributed by atoms with Crippen molar-refractivity contribution in [1.29, 1.82) is 0 Å². The first-order valence-corrected chi connectivity index (χ1v) is 5.73. The molecule has 2 aromatic heterocycles. The molecule has 0 bridgehead atoms.